The number of rotatable bonds is 3. The molecule has 5 nitrogen and oxygen atoms in total. The number of aryl methyl sites for hydroxylation is 1. The van der Waals surface area contributed by atoms with Crippen LogP contribution in [0.1, 0.15) is 35.6 Å². The fraction of sp³-hybridized carbons (Fsp3) is 0.400. The van der Waals surface area contributed by atoms with Crippen LogP contribution in [-0.2, 0) is 23.5 Å². The van der Waals surface area contributed by atoms with Gasteiger partial charge in [0.05, 0.1) is 18.3 Å². The van der Waals surface area contributed by atoms with Crippen molar-refractivity contribution in [2.24, 2.45) is 7.05 Å². The van der Waals surface area contributed by atoms with E-state index in [2.05, 4.69) is 15.8 Å². The van der Waals surface area contributed by atoms with Crippen LogP contribution in [0.4, 0.5) is 5.69 Å². The number of imidazole rings is 1. The molecule has 3 rings (SSSR count). The highest BCUT2D eigenvalue weighted by Gasteiger charge is 2.26. The van der Waals surface area contributed by atoms with E-state index in [4.69, 9.17) is 0 Å². The van der Waals surface area contributed by atoms with E-state index in [9.17, 15) is 8.42 Å². The summed E-state index contributed by atoms with van der Waals surface area (Å²) in [6.45, 7) is 0. The largest absolute Gasteiger partial charge is 0.337 e. The molecule has 21 heavy (non-hydrogen) atoms. The molecule has 0 saturated carbocycles. The first-order valence-corrected chi connectivity index (χ1v) is 8.90. The highest BCUT2D eigenvalue weighted by atomic mass is 32.2. The maximum atomic E-state index is 11.5. The van der Waals surface area contributed by atoms with Crippen molar-refractivity contribution in [1.82, 2.24) is 9.55 Å². The van der Waals surface area contributed by atoms with Crippen LogP contribution in [0.5, 0.6) is 0 Å². The van der Waals surface area contributed by atoms with Gasteiger partial charge in [-0.2, -0.15) is 0 Å². The van der Waals surface area contributed by atoms with Crippen LogP contribution in [0.15, 0.2) is 30.7 Å². The number of anilines is 1. The minimum Gasteiger partial charge on any atom is -0.337 e. The number of nitrogens with zero attached hydrogens (tertiary/aromatic N) is 2. The Bertz CT molecular complexity index is 765. The molecule has 1 aromatic heterocycles. The van der Waals surface area contributed by atoms with Crippen LogP contribution in [-0.4, -0.2) is 24.2 Å². The number of fused-ring (bicyclic) bond motifs is 1. The summed E-state index contributed by atoms with van der Waals surface area (Å²) in [4.78, 5) is 4.20. The molecule has 1 aliphatic rings. The van der Waals surface area contributed by atoms with E-state index in [1.165, 1.54) is 17.5 Å². The Morgan fingerprint density at radius 3 is 2.86 bits per heavy atom. The molecule has 1 atom stereocenters. The molecule has 0 saturated heterocycles. The van der Waals surface area contributed by atoms with Gasteiger partial charge in [0.15, 0.2) is 0 Å². The summed E-state index contributed by atoms with van der Waals surface area (Å²) in [6, 6.07) is 5.85. The van der Waals surface area contributed by atoms with Crippen molar-refractivity contribution in [3.8, 4) is 0 Å². The van der Waals surface area contributed by atoms with E-state index in [1.807, 2.05) is 36.3 Å². The minimum atomic E-state index is -3.26. The second-order valence-electron chi connectivity index (χ2n) is 5.62. The Hall–Kier alpha value is -1.82. The lowest BCUT2D eigenvalue weighted by molar-refractivity contribution is 0.587. The molecule has 2 aromatic rings. The molecular formula is C15H19N3O2S. The topological polar surface area (TPSA) is 64.0 Å². The first-order chi connectivity index (χ1) is 9.96. The van der Waals surface area contributed by atoms with Gasteiger partial charge in [0, 0.05) is 24.9 Å². The van der Waals surface area contributed by atoms with Crippen molar-refractivity contribution in [1.29, 1.82) is 0 Å². The van der Waals surface area contributed by atoms with Crippen LogP contribution >= 0.6 is 0 Å². The van der Waals surface area contributed by atoms with Crippen molar-refractivity contribution in [3.63, 3.8) is 0 Å². The van der Waals surface area contributed by atoms with Crippen molar-refractivity contribution in [3.05, 3.63) is 47.5 Å². The van der Waals surface area contributed by atoms with E-state index in [1.54, 1.807) is 0 Å². The zero-order valence-electron chi connectivity index (χ0n) is 12.2. The van der Waals surface area contributed by atoms with Gasteiger partial charge in [0.1, 0.15) is 0 Å². The Morgan fingerprint density at radius 1 is 1.38 bits per heavy atom. The quantitative estimate of drug-likeness (QED) is 0.946. The van der Waals surface area contributed by atoms with Gasteiger partial charge in [-0.3, -0.25) is 4.72 Å². The third-order valence-corrected chi connectivity index (χ3v) is 4.60. The smallest absolute Gasteiger partial charge is 0.229 e. The fourth-order valence-electron chi connectivity index (χ4n) is 3.15. The molecule has 1 aliphatic carbocycles. The van der Waals surface area contributed by atoms with Crippen LogP contribution in [0.2, 0.25) is 0 Å². The molecule has 1 N–H and O–H groups in total. The molecule has 1 aromatic carbocycles. The SMILES string of the molecule is Cn1cncc1C1CCCc2c(NS(C)(=O)=O)cccc21. The summed E-state index contributed by atoms with van der Waals surface area (Å²) in [5, 5.41) is 0. The summed E-state index contributed by atoms with van der Waals surface area (Å²) in [7, 11) is -1.26. The fourth-order valence-corrected chi connectivity index (χ4v) is 3.75. The predicted molar refractivity (Wildman–Crippen MR) is 82.9 cm³/mol. The van der Waals surface area contributed by atoms with Gasteiger partial charge >= 0.3 is 0 Å². The number of hydrogen-bond donors (Lipinski definition) is 1. The van der Waals surface area contributed by atoms with Gasteiger partial charge in [0.25, 0.3) is 0 Å². The molecule has 0 fully saturated rings. The molecular weight excluding hydrogens is 286 g/mol. The molecule has 112 valence electrons. The first kappa shape index (κ1) is 14.1. The normalized spacial score (nSPS) is 18.3. The average molecular weight is 305 g/mol. The lowest BCUT2D eigenvalue weighted by Gasteiger charge is -2.27. The molecule has 0 bridgehead atoms. The lowest BCUT2D eigenvalue weighted by Crippen LogP contribution is -2.17. The number of aromatic nitrogens is 2. The van der Waals surface area contributed by atoms with E-state index in [0.29, 0.717) is 5.69 Å². The third kappa shape index (κ3) is 2.81. The zero-order chi connectivity index (χ0) is 15.0. The highest BCUT2D eigenvalue weighted by Crippen LogP contribution is 2.39. The van der Waals surface area contributed by atoms with Gasteiger partial charge < -0.3 is 4.57 Å². The summed E-state index contributed by atoms with van der Waals surface area (Å²) < 4.78 is 27.7. The molecule has 0 aliphatic heterocycles. The van der Waals surface area contributed by atoms with Crippen molar-refractivity contribution in [2.75, 3.05) is 11.0 Å². The summed E-state index contributed by atoms with van der Waals surface area (Å²) in [5.41, 5.74) is 4.20. The number of sulfonamides is 1. The van der Waals surface area contributed by atoms with Gasteiger partial charge in [-0.15, -0.1) is 0 Å². The van der Waals surface area contributed by atoms with Gasteiger partial charge in [-0.25, -0.2) is 13.4 Å². The zero-order valence-corrected chi connectivity index (χ0v) is 13.0. The predicted octanol–water partition coefficient (Wildman–Crippen LogP) is 2.26. The number of benzene rings is 1. The summed E-state index contributed by atoms with van der Waals surface area (Å²) in [5.74, 6) is 0.280. The maximum Gasteiger partial charge on any atom is 0.229 e. The standard InChI is InChI=1S/C15H19N3O2S/c1-18-10-16-9-15(18)13-7-3-6-12-11(13)5-4-8-14(12)17-21(2,19)20/h4-5,8-10,13,17H,3,6-7H2,1-2H3. The van der Waals surface area contributed by atoms with Gasteiger partial charge in [0.2, 0.25) is 10.0 Å². The van der Waals surface area contributed by atoms with E-state index in [0.717, 1.165) is 24.8 Å². The third-order valence-electron chi connectivity index (χ3n) is 4.01. The Kier molecular flexibility index (Phi) is 3.49. The van der Waals surface area contributed by atoms with Crippen LogP contribution in [0.3, 0.4) is 0 Å². The van der Waals surface area contributed by atoms with Crippen molar-refractivity contribution >= 4 is 15.7 Å². The van der Waals surface area contributed by atoms with Crippen LogP contribution < -0.4 is 4.72 Å². The number of nitrogens with one attached hydrogen (secondary N) is 1. The van der Waals surface area contributed by atoms with E-state index in [-0.39, 0.29) is 5.92 Å². The molecule has 0 spiro atoms. The molecule has 0 amide bonds. The summed E-state index contributed by atoms with van der Waals surface area (Å²) in [6.07, 6.45) is 7.91. The minimum absolute atomic E-state index is 0.280. The van der Waals surface area contributed by atoms with Gasteiger partial charge in [-0.1, -0.05) is 12.1 Å². The van der Waals surface area contributed by atoms with E-state index >= 15 is 0 Å². The van der Waals surface area contributed by atoms with E-state index < -0.39 is 10.0 Å². The van der Waals surface area contributed by atoms with Crippen LogP contribution in [0, 0.1) is 0 Å². The Labute approximate surface area is 125 Å². The van der Waals surface area contributed by atoms with Crippen molar-refractivity contribution < 1.29 is 8.42 Å². The number of hydrogen-bond acceptors (Lipinski definition) is 3. The lowest BCUT2D eigenvalue weighted by atomic mass is 9.80. The molecule has 1 unspecified atom stereocenters. The Morgan fingerprint density at radius 2 is 2.19 bits per heavy atom. The highest BCUT2D eigenvalue weighted by molar-refractivity contribution is 7.92. The molecule has 0 radical (unpaired) electrons. The molecule has 6 heteroatoms. The van der Waals surface area contributed by atoms with Crippen molar-refractivity contribution in [2.45, 2.75) is 25.2 Å². The molecule has 1 heterocycles. The van der Waals surface area contributed by atoms with Crippen LogP contribution in [0.25, 0.3) is 0 Å². The maximum absolute atomic E-state index is 11.5. The first-order valence-electron chi connectivity index (χ1n) is 7.01. The van der Waals surface area contributed by atoms with Gasteiger partial charge in [-0.05, 0) is 36.5 Å². The Balaban J connectivity index is 2.07. The summed E-state index contributed by atoms with van der Waals surface area (Å²) >= 11 is 0. The second kappa shape index (κ2) is 5.18. The second-order valence-corrected chi connectivity index (χ2v) is 7.37. The average Bonchev–Trinajstić information content (AvgIpc) is 2.83. The monoisotopic (exact) mass is 305 g/mol.